The predicted molar refractivity (Wildman–Crippen MR) is 72.7 cm³/mol. The van der Waals surface area contributed by atoms with E-state index in [1.807, 2.05) is 30.3 Å². The first-order valence-electron chi connectivity index (χ1n) is 6.88. The minimum atomic E-state index is -0.150. The highest BCUT2D eigenvalue weighted by Gasteiger charge is 2.13. The van der Waals surface area contributed by atoms with Gasteiger partial charge in [-0.3, -0.25) is 4.79 Å². The molecule has 104 valence electrons. The van der Waals surface area contributed by atoms with Gasteiger partial charge in [0, 0.05) is 19.4 Å². The zero-order chi connectivity index (χ0) is 13.3. The summed E-state index contributed by atoms with van der Waals surface area (Å²) in [6.07, 6.45) is 2.83. The Hall–Kier alpha value is -1.39. The number of carbonyl (C=O) groups excluding carboxylic acids is 1. The first-order chi connectivity index (χ1) is 9.34. The quantitative estimate of drug-likeness (QED) is 0.852. The molecule has 1 amide bonds. The highest BCUT2D eigenvalue weighted by Crippen LogP contribution is 2.07. The third-order valence-corrected chi connectivity index (χ3v) is 3.08. The Bertz CT molecular complexity index is 374. The van der Waals surface area contributed by atoms with E-state index in [9.17, 15) is 4.79 Å². The fraction of sp³-hybridized carbons (Fsp3) is 0.533. The lowest BCUT2D eigenvalue weighted by molar-refractivity contribution is -0.180. The predicted octanol–water partition coefficient (Wildman–Crippen LogP) is 1.89. The number of hydrogen-bond donors (Lipinski definition) is 1. The molecular formula is C15H21NO3. The molecular weight excluding hydrogens is 242 g/mol. The van der Waals surface area contributed by atoms with Crippen molar-refractivity contribution in [1.29, 1.82) is 0 Å². The van der Waals surface area contributed by atoms with Crippen LogP contribution in [-0.4, -0.2) is 32.0 Å². The van der Waals surface area contributed by atoms with Crippen molar-refractivity contribution in [3.8, 4) is 0 Å². The van der Waals surface area contributed by atoms with Crippen molar-refractivity contribution in [2.45, 2.75) is 32.0 Å². The van der Waals surface area contributed by atoms with E-state index in [-0.39, 0.29) is 12.2 Å². The number of hydrogen-bond acceptors (Lipinski definition) is 3. The second kappa shape index (κ2) is 7.92. The average molecular weight is 263 g/mol. The van der Waals surface area contributed by atoms with Gasteiger partial charge in [-0.1, -0.05) is 30.3 Å². The van der Waals surface area contributed by atoms with Gasteiger partial charge in [0.1, 0.15) is 0 Å². The molecule has 2 rings (SSSR count). The van der Waals surface area contributed by atoms with Crippen molar-refractivity contribution < 1.29 is 14.3 Å². The van der Waals surface area contributed by atoms with E-state index in [0.29, 0.717) is 13.0 Å². The lowest BCUT2D eigenvalue weighted by atomic mass is 10.1. The Morgan fingerprint density at radius 3 is 2.68 bits per heavy atom. The van der Waals surface area contributed by atoms with Gasteiger partial charge in [-0.15, -0.1) is 0 Å². The first kappa shape index (κ1) is 14.0. The van der Waals surface area contributed by atoms with Crippen LogP contribution in [0.4, 0.5) is 0 Å². The standard InChI is InChI=1S/C15H21NO3/c17-14(8-7-13-5-2-1-3-6-13)16-10-9-15-18-11-4-12-19-15/h1-3,5-6,15H,4,7-12H2,(H,16,17). The fourth-order valence-corrected chi connectivity index (χ4v) is 2.02. The van der Waals surface area contributed by atoms with Crippen LogP contribution in [0, 0.1) is 0 Å². The van der Waals surface area contributed by atoms with E-state index in [0.717, 1.165) is 32.5 Å². The minimum Gasteiger partial charge on any atom is -0.356 e. The molecule has 0 bridgehead atoms. The normalized spacial score (nSPS) is 16.2. The van der Waals surface area contributed by atoms with E-state index in [2.05, 4.69) is 5.32 Å². The molecule has 0 spiro atoms. The number of benzene rings is 1. The average Bonchev–Trinajstić information content (AvgIpc) is 2.47. The van der Waals surface area contributed by atoms with Crippen molar-refractivity contribution >= 4 is 5.91 Å². The van der Waals surface area contributed by atoms with Crippen LogP contribution in [0.15, 0.2) is 30.3 Å². The molecule has 19 heavy (non-hydrogen) atoms. The molecule has 0 aromatic heterocycles. The summed E-state index contributed by atoms with van der Waals surface area (Å²) in [5.74, 6) is 0.0830. The van der Waals surface area contributed by atoms with Crippen molar-refractivity contribution in [2.75, 3.05) is 19.8 Å². The Morgan fingerprint density at radius 1 is 1.21 bits per heavy atom. The van der Waals surface area contributed by atoms with Gasteiger partial charge in [-0.05, 0) is 18.4 Å². The maximum absolute atomic E-state index is 11.7. The summed E-state index contributed by atoms with van der Waals surface area (Å²) in [6.45, 7) is 2.12. The lowest BCUT2D eigenvalue weighted by Crippen LogP contribution is -2.31. The molecule has 4 heteroatoms. The Morgan fingerprint density at radius 2 is 1.95 bits per heavy atom. The second-order valence-electron chi connectivity index (χ2n) is 4.65. The molecule has 1 aromatic carbocycles. The molecule has 0 unspecified atom stereocenters. The summed E-state index contributed by atoms with van der Waals surface area (Å²) in [7, 11) is 0. The van der Waals surface area contributed by atoms with Crippen molar-refractivity contribution in [3.63, 3.8) is 0 Å². The van der Waals surface area contributed by atoms with Crippen LogP contribution in [0.3, 0.4) is 0 Å². The Kier molecular flexibility index (Phi) is 5.85. The van der Waals surface area contributed by atoms with Crippen molar-refractivity contribution in [3.05, 3.63) is 35.9 Å². The summed E-state index contributed by atoms with van der Waals surface area (Å²) in [5.41, 5.74) is 1.19. The molecule has 0 atom stereocenters. The highest BCUT2D eigenvalue weighted by molar-refractivity contribution is 5.76. The topological polar surface area (TPSA) is 47.6 Å². The summed E-state index contributed by atoms with van der Waals surface area (Å²) in [5, 5.41) is 2.90. The molecule has 1 fully saturated rings. The molecule has 1 saturated heterocycles. The number of amides is 1. The van der Waals surface area contributed by atoms with Gasteiger partial charge in [0.05, 0.1) is 13.2 Å². The maximum Gasteiger partial charge on any atom is 0.220 e. The van der Waals surface area contributed by atoms with E-state index < -0.39 is 0 Å². The van der Waals surface area contributed by atoms with Crippen LogP contribution in [0.2, 0.25) is 0 Å². The van der Waals surface area contributed by atoms with Crippen LogP contribution in [0.25, 0.3) is 0 Å². The molecule has 0 radical (unpaired) electrons. The van der Waals surface area contributed by atoms with Crippen LogP contribution < -0.4 is 5.32 Å². The largest absolute Gasteiger partial charge is 0.356 e. The minimum absolute atomic E-state index is 0.0830. The molecule has 1 aliphatic heterocycles. The molecule has 0 aliphatic carbocycles. The van der Waals surface area contributed by atoms with Crippen LogP contribution >= 0.6 is 0 Å². The highest BCUT2D eigenvalue weighted by atomic mass is 16.7. The zero-order valence-electron chi connectivity index (χ0n) is 11.1. The molecule has 1 aromatic rings. The number of ether oxygens (including phenoxy) is 2. The molecule has 1 aliphatic rings. The van der Waals surface area contributed by atoms with Crippen LogP contribution in [-0.2, 0) is 20.7 Å². The van der Waals surface area contributed by atoms with Gasteiger partial charge in [-0.25, -0.2) is 0 Å². The smallest absolute Gasteiger partial charge is 0.220 e. The van der Waals surface area contributed by atoms with E-state index >= 15 is 0 Å². The molecule has 4 nitrogen and oxygen atoms in total. The third kappa shape index (κ3) is 5.41. The fourth-order valence-electron chi connectivity index (χ4n) is 2.02. The summed E-state index contributed by atoms with van der Waals surface area (Å²) in [6, 6.07) is 10.0. The zero-order valence-corrected chi connectivity index (χ0v) is 11.1. The second-order valence-corrected chi connectivity index (χ2v) is 4.65. The summed E-state index contributed by atoms with van der Waals surface area (Å²) >= 11 is 0. The van der Waals surface area contributed by atoms with Gasteiger partial charge in [0.15, 0.2) is 6.29 Å². The molecule has 1 heterocycles. The lowest BCUT2D eigenvalue weighted by Gasteiger charge is -2.23. The van der Waals surface area contributed by atoms with Crippen LogP contribution in [0.5, 0.6) is 0 Å². The van der Waals surface area contributed by atoms with Gasteiger partial charge in [0.25, 0.3) is 0 Å². The van der Waals surface area contributed by atoms with Gasteiger partial charge in [0.2, 0.25) is 5.91 Å². The van der Waals surface area contributed by atoms with Gasteiger partial charge >= 0.3 is 0 Å². The Balaban J connectivity index is 1.57. The monoisotopic (exact) mass is 263 g/mol. The number of nitrogens with one attached hydrogen (secondary N) is 1. The molecule has 0 saturated carbocycles. The third-order valence-electron chi connectivity index (χ3n) is 3.08. The van der Waals surface area contributed by atoms with E-state index in [4.69, 9.17) is 9.47 Å². The number of carbonyl (C=O) groups is 1. The first-order valence-corrected chi connectivity index (χ1v) is 6.88. The molecule has 1 N–H and O–H groups in total. The maximum atomic E-state index is 11.7. The van der Waals surface area contributed by atoms with Crippen molar-refractivity contribution in [1.82, 2.24) is 5.32 Å². The summed E-state index contributed by atoms with van der Waals surface area (Å²) < 4.78 is 10.8. The summed E-state index contributed by atoms with van der Waals surface area (Å²) in [4.78, 5) is 11.7. The number of aryl methyl sites for hydroxylation is 1. The van der Waals surface area contributed by atoms with Gasteiger partial charge < -0.3 is 14.8 Å². The van der Waals surface area contributed by atoms with Crippen LogP contribution in [0.1, 0.15) is 24.8 Å². The Labute approximate surface area is 114 Å². The van der Waals surface area contributed by atoms with E-state index in [1.54, 1.807) is 0 Å². The van der Waals surface area contributed by atoms with Crippen molar-refractivity contribution in [2.24, 2.45) is 0 Å². The van der Waals surface area contributed by atoms with E-state index in [1.165, 1.54) is 5.56 Å². The SMILES string of the molecule is O=C(CCc1ccccc1)NCCC1OCCCO1. The number of rotatable bonds is 6. The van der Waals surface area contributed by atoms with Gasteiger partial charge in [-0.2, -0.15) is 0 Å².